The van der Waals surface area contributed by atoms with Crippen LogP contribution < -0.4 is 10.6 Å². The smallest absolute Gasteiger partial charge is 0.287 e. The van der Waals surface area contributed by atoms with Gasteiger partial charge in [-0.25, -0.2) is 4.39 Å². The van der Waals surface area contributed by atoms with Crippen molar-refractivity contribution in [2.24, 2.45) is 0 Å². The predicted molar refractivity (Wildman–Crippen MR) is 134 cm³/mol. The molecule has 3 aromatic rings. The van der Waals surface area contributed by atoms with Gasteiger partial charge in [0.2, 0.25) is 5.91 Å². The zero-order chi connectivity index (χ0) is 25.7. The number of rotatable bonds is 6. The largest absolute Gasteiger partial charge is 0.451 e. The van der Waals surface area contributed by atoms with Crippen LogP contribution in [0.3, 0.4) is 0 Å². The molecule has 7 nitrogen and oxygen atoms in total. The molecule has 190 valence electrons. The quantitative estimate of drug-likeness (QED) is 0.500. The zero-order valence-electron chi connectivity index (χ0n) is 20.4. The Kier molecular flexibility index (Phi) is 5.57. The second kappa shape index (κ2) is 8.70. The summed E-state index contributed by atoms with van der Waals surface area (Å²) in [4.78, 5) is 26.5. The van der Waals surface area contributed by atoms with Gasteiger partial charge in [-0.15, -0.1) is 0 Å². The van der Waals surface area contributed by atoms with Crippen molar-refractivity contribution in [2.45, 2.75) is 61.7 Å². The van der Waals surface area contributed by atoms with Gasteiger partial charge < -0.3 is 19.8 Å². The van der Waals surface area contributed by atoms with Crippen LogP contribution in [0, 0.1) is 11.3 Å². The Hall–Kier alpha value is -3.70. The Morgan fingerprint density at radius 1 is 0.892 bits per heavy atom. The van der Waals surface area contributed by atoms with E-state index in [9.17, 15) is 19.2 Å². The van der Waals surface area contributed by atoms with E-state index in [1.807, 2.05) is 30.3 Å². The van der Waals surface area contributed by atoms with Crippen molar-refractivity contribution in [3.05, 3.63) is 59.9 Å². The van der Waals surface area contributed by atoms with Gasteiger partial charge in [0.15, 0.2) is 11.4 Å². The Morgan fingerprint density at radius 2 is 1.59 bits per heavy atom. The van der Waals surface area contributed by atoms with E-state index in [0.29, 0.717) is 36.8 Å². The molecule has 6 rings (SSSR count). The van der Waals surface area contributed by atoms with E-state index < -0.39 is 22.7 Å². The maximum atomic E-state index is 14.6. The van der Waals surface area contributed by atoms with Gasteiger partial charge >= 0.3 is 0 Å². The lowest BCUT2D eigenvalue weighted by atomic mass is 9.80. The van der Waals surface area contributed by atoms with Crippen LogP contribution in [0.5, 0.6) is 0 Å². The number of hydrogen-bond donors (Lipinski definition) is 2. The highest BCUT2D eigenvalue weighted by Crippen LogP contribution is 2.38. The summed E-state index contributed by atoms with van der Waals surface area (Å²) in [5.74, 6) is -0.604. The van der Waals surface area contributed by atoms with Crippen LogP contribution in [-0.4, -0.2) is 36.1 Å². The minimum Gasteiger partial charge on any atom is -0.451 e. The van der Waals surface area contributed by atoms with Gasteiger partial charge in [-0.05, 0) is 54.5 Å². The molecule has 0 unspecified atom stereocenters. The first-order chi connectivity index (χ1) is 17.8. The number of benzene rings is 2. The molecule has 3 aliphatic rings. The van der Waals surface area contributed by atoms with Crippen LogP contribution in [0.15, 0.2) is 52.9 Å². The highest BCUT2D eigenvalue weighted by Gasteiger charge is 2.50. The first kappa shape index (κ1) is 23.7. The van der Waals surface area contributed by atoms with E-state index >= 15 is 0 Å². The summed E-state index contributed by atoms with van der Waals surface area (Å²) in [6, 6.07) is 16.8. The van der Waals surface area contributed by atoms with Crippen molar-refractivity contribution in [2.75, 3.05) is 13.2 Å². The second-order valence-electron chi connectivity index (χ2n) is 10.6. The molecule has 37 heavy (non-hydrogen) atoms. The van der Waals surface area contributed by atoms with Gasteiger partial charge in [0.1, 0.15) is 16.7 Å². The number of nitrogens with one attached hydrogen (secondary N) is 2. The number of nitrogens with zero attached hydrogens (tertiary/aromatic N) is 1. The van der Waals surface area contributed by atoms with Gasteiger partial charge in [-0.2, -0.15) is 5.26 Å². The van der Waals surface area contributed by atoms with Crippen LogP contribution in [0.1, 0.15) is 61.1 Å². The van der Waals surface area contributed by atoms with E-state index in [1.54, 1.807) is 18.2 Å². The second-order valence-corrected chi connectivity index (χ2v) is 10.6. The molecule has 2 N–H and O–H groups in total. The summed E-state index contributed by atoms with van der Waals surface area (Å²) in [7, 11) is 0. The molecule has 1 aliphatic heterocycles. The molecule has 2 saturated carbocycles. The van der Waals surface area contributed by atoms with Crippen LogP contribution in [0.4, 0.5) is 4.39 Å². The monoisotopic (exact) mass is 501 g/mol. The number of fused-ring (bicyclic) bond motifs is 1. The lowest BCUT2D eigenvalue weighted by molar-refractivity contribution is -0.135. The SMILES string of the molecule is N#CC1(NC(=O)C2(NC(=O)c3cc4ccc(-c5ccc(C6(F)COC6)cc5)cc4o3)CCCCC2)CC1. The lowest BCUT2D eigenvalue weighted by Gasteiger charge is -2.37. The van der Waals surface area contributed by atoms with E-state index in [-0.39, 0.29) is 24.9 Å². The molecule has 2 aliphatic carbocycles. The summed E-state index contributed by atoms with van der Waals surface area (Å²) in [6.07, 6.45) is 4.98. The summed E-state index contributed by atoms with van der Waals surface area (Å²) in [5, 5.41) is 16.0. The molecular formula is C29H28FN3O4. The van der Waals surface area contributed by atoms with E-state index in [1.165, 1.54) is 0 Å². The number of ether oxygens (including phenoxy) is 1. The number of hydrogen-bond acceptors (Lipinski definition) is 5. The van der Waals surface area contributed by atoms with E-state index in [4.69, 9.17) is 9.15 Å². The van der Waals surface area contributed by atoms with Gasteiger partial charge in [0.25, 0.3) is 5.91 Å². The topological polar surface area (TPSA) is 104 Å². The maximum Gasteiger partial charge on any atom is 0.287 e. The number of carbonyl (C=O) groups is 2. The first-order valence-electron chi connectivity index (χ1n) is 12.8. The summed E-state index contributed by atoms with van der Waals surface area (Å²) < 4.78 is 25.5. The van der Waals surface area contributed by atoms with Crippen molar-refractivity contribution >= 4 is 22.8 Å². The molecule has 2 amide bonds. The Balaban J connectivity index is 1.22. The van der Waals surface area contributed by atoms with Crippen LogP contribution >= 0.6 is 0 Å². The predicted octanol–water partition coefficient (Wildman–Crippen LogP) is 4.90. The van der Waals surface area contributed by atoms with Gasteiger partial charge in [0, 0.05) is 5.39 Å². The molecule has 1 aromatic heterocycles. The fraction of sp³-hybridized carbons (Fsp3) is 0.414. The van der Waals surface area contributed by atoms with Gasteiger partial charge in [-0.1, -0.05) is 55.7 Å². The summed E-state index contributed by atoms with van der Waals surface area (Å²) >= 11 is 0. The molecule has 2 heterocycles. The molecule has 0 spiro atoms. The third-order valence-electron chi connectivity index (χ3n) is 7.95. The number of alkyl halides is 1. The molecule has 8 heteroatoms. The van der Waals surface area contributed by atoms with Crippen molar-refractivity contribution in [3.63, 3.8) is 0 Å². The standard InChI is InChI=1S/C29H28FN3O4/c30-28(17-36-18-28)22-8-6-19(7-9-22)20-4-5-21-15-24(37-23(21)14-20)25(34)32-29(10-2-1-3-11-29)26(35)33-27(16-31)12-13-27/h4-9,14-15H,1-3,10-13,17-18H2,(H,32,34)(H,33,35). The average molecular weight is 502 g/mol. The molecule has 2 aromatic carbocycles. The highest BCUT2D eigenvalue weighted by atomic mass is 19.1. The normalized spacial score (nSPS) is 20.9. The molecule has 0 bridgehead atoms. The van der Waals surface area contributed by atoms with Gasteiger partial charge in [-0.3, -0.25) is 9.59 Å². The third-order valence-corrected chi connectivity index (χ3v) is 7.95. The van der Waals surface area contributed by atoms with E-state index in [2.05, 4.69) is 16.7 Å². The molecule has 0 atom stereocenters. The number of halogens is 1. The molecule has 0 radical (unpaired) electrons. The first-order valence-corrected chi connectivity index (χ1v) is 12.8. The molecular weight excluding hydrogens is 473 g/mol. The van der Waals surface area contributed by atoms with Crippen molar-refractivity contribution < 1.29 is 23.1 Å². The molecule has 3 fully saturated rings. The Labute approximate surface area is 214 Å². The summed E-state index contributed by atoms with van der Waals surface area (Å²) in [6.45, 7) is 0.162. The van der Waals surface area contributed by atoms with Crippen molar-refractivity contribution in [1.82, 2.24) is 10.6 Å². The Morgan fingerprint density at radius 3 is 2.22 bits per heavy atom. The van der Waals surface area contributed by atoms with Crippen molar-refractivity contribution in [1.29, 1.82) is 5.26 Å². The minimum atomic E-state index is -1.41. The average Bonchev–Trinajstić information content (AvgIpc) is 3.54. The van der Waals surface area contributed by atoms with Crippen molar-refractivity contribution in [3.8, 4) is 17.2 Å². The lowest BCUT2D eigenvalue weighted by Crippen LogP contribution is -2.61. The summed E-state index contributed by atoms with van der Waals surface area (Å²) in [5.41, 5.74) is -0.322. The number of nitriles is 1. The Bertz CT molecular complexity index is 1410. The zero-order valence-corrected chi connectivity index (χ0v) is 20.4. The number of amides is 2. The third kappa shape index (κ3) is 4.27. The van der Waals surface area contributed by atoms with Crippen LogP contribution in [-0.2, 0) is 15.2 Å². The highest BCUT2D eigenvalue weighted by molar-refractivity contribution is 6.00. The number of furan rings is 1. The van der Waals surface area contributed by atoms with Gasteiger partial charge in [0.05, 0.1) is 19.3 Å². The molecule has 1 saturated heterocycles. The number of carbonyl (C=O) groups excluding carboxylic acids is 2. The van der Waals surface area contributed by atoms with Crippen LogP contribution in [0.25, 0.3) is 22.1 Å². The van der Waals surface area contributed by atoms with Crippen LogP contribution in [0.2, 0.25) is 0 Å². The fourth-order valence-electron chi connectivity index (χ4n) is 5.30. The van der Waals surface area contributed by atoms with E-state index in [0.717, 1.165) is 35.8 Å². The minimum absolute atomic E-state index is 0.0810. The maximum absolute atomic E-state index is 14.6. The fourth-order valence-corrected chi connectivity index (χ4v) is 5.30.